The van der Waals surface area contributed by atoms with Gasteiger partial charge in [0.05, 0.1) is 42.7 Å². The van der Waals surface area contributed by atoms with Crippen LogP contribution in [0.1, 0.15) is 11.1 Å². The lowest BCUT2D eigenvalue weighted by Crippen LogP contribution is -1.92. The van der Waals surface area contributed by atoms with E-state index in [0.29, 0.717) is 39.5 Å². The van der Waals surface area contributed by atoms with Gasteiger partial charge < -0.3 is 9.47 Å². The van der Waals surface area contributed by atoms with E-state index < -0.39 is 4.92 Å². The molecule has 0 saturated heterocycles. The van der Waals surface area contributed by atoms with Crippen LogP contribution in [0.4, 0.5) is 5.69 Å². The summed E-state index contributed by atoms with van der Waals surface area (Å²) in [6.07, 6.45) is 3.23. The van der Waals surface area contributed by atoms with Crippen LogP contribution in [0.15, 0.2) is 48.7 Å². The van der Waals surface area contributed by atoms with Crippen molar-refractivity contribution in [2.24, 2.45) is 0 Å². The molecule has 0 atom stereocenters. The molecule has 0 radical (unpaired) electrons. The van der Waals surface area contributed by atoms with Crippen LogP contribution in [0.25, 0.3) is 22.9 Å². The molecule has 0 amide bonds. The van der Waals surface area contributed by atoms with E-state index in [2.05, 4.69) is 16.3 Å². The molecule has 140 valence electrons. The summed E-state index contributed by atoms with van der Waals surface area (Å²) >= 11 is 0. The van der Waals surface area contributed by atoms with Gasteiger partial charge in [0.25, 0.3) is 5.69 Å². The predicted molar refractivity (Wildman–Crippen MR) is 104 cm³/mol. The third-order valence-electron chi connectivity index (χ3n) is 4.13. The van der Waals surface area contributed by atoms with Crippen LogP contribution in [0.5, 0.6) is 11.5 Å². The lowest BCUT2D eigenvalue weighted by molar-refractivity contribution is -0.384. The Labute approximate surface area is 160 Å². The maximum absolute atomic E-state index is 11.0. The van der Waals surface area contributed by atoms with Gasteiger partial charge in [0.1, 0.15) is 0 Å². The van der Waals surface area contributed by atoms with Crippen molar-refractivity contribution < 1.29 is 14.4 Å². The van der Waals surface area contributed by atoms with Crippen molar-refractivity contribution in [3.05, 3.63) is 69.9 Å². The average Bonchev–Trinajstić information content (AvgIpc) is 3.19. The smallest absolute Gasteiger partial charge is 0.270 e. The molecule has 1 heterocycles. The number of hydrogen-bond donors (Lipinski definition) is 1. The number of aromatic nitrogens is 2. The molecule has 3 rings (SSSR count). The minimum absolute atomic E-state index is 0.0255. The Hall–Kier alpha value is -4.12. The summed E-state index contributed by atoms with van der Waals surface area (Å²) in [5.74, 6) is 1.07. The highest BCUT2D eigenvalue weighted by molar-refractivity contribution is 5.92. The maximum Gasteiger partial charge on any atom is 0.270 e. The van der Waals surface area contributed by atoms with Crippen LogP contribution in [-0.2, 0) is 0 Å². The summed E-state index contributed by atoms with van der Waals surface area (Å²) in [5, 5.41) is 27.5. The third kappa shape index (κ3) is 3.68. The summed E-state index contributed by atoms with van der Waals surface area (Å²) in [7, 11) is 3.06. The van der Waals surface area contributed by atoms with Gasteiger partial charge in [-0.05, 0) is 29.8 Å². The number of nitro benzene ring substituents is 1. The van der Waals surface area contributed by atoms with Gasteiger partial charge in [-0.1, -0.05) is 12.1 Å². The largest absolute Gasteiger partial charge is 0.493 e. The fraction of sp³-hybridized carbons (Fsp3) is 0.100. The molecule has 28 heavy (non-hydrogen) atoms. The first-order valence-corrected chi connectivity index (χ1v) is 8.19. The van der Waals surface area contributed by atoms with Gasteiger partial charge >= 0.3 is 0 Å². The van der Waals surface area contributed by atoms with Gasteiger partial charge in [0, 0.05) is 23.3 Å². The molecule has 0 unspecified atom stereocenters. The van der Waals surface area contributed by atoms with Gasteiger partial charge in [-0.25, -0.2) is 0 Å². The summed E-state index contributed by atoms with van der Waals surface area (Å²) in [6, 6.07) is 13.6. The molecule has 0 fully saturated rings. The Bertz CT molecular complexity index is 1100. The first-order chi connectivity index (χ1) is 13.6. The number of nitriles is 1. The maximum atomic E-state index is 11.0. The van der Waals surface area contributed by atoms with Crippen molar-refractivity contribution in [1.82, 2.24) is 10.2 Å². The Morgan fingerprint density at radius 2 is 2.00 bits per heavy atom. The number of nitrogens with zero attached hydrogens (tertiary/aromatic N) is 3. The zero-order valence-electron chi connectivity index (χ0n) is 15.2. The molecule has 0 spiro atoms. The Balaban J connectivity index is 2.04. The van der Waals surface area contributed by atoms with Crippen LogP contribution in [0.2, 0.25) is 0 Å². The second kappa shape index (κ2) is 8.05. The molecule has 0 bridgehead atoms. The summed E-state index contributed by atoms with van der Waals surface area (Å²) < 4.78 is 10.5. The van der Waals surface area contributed by atoms with Crippen molar-refractivity contribution in [2.75, 3.05) is 14.2 Å². The normalized spacial score (nSPS) is 11.0. The molecule has 1 N–H and O–H groups in total. The molecule has 0 aliphatic rings. The highest BCUT2D eigenvalue weighted by Crippen LogP contribution is 2.32. The molecule has 1 aromatic heterocycles. The van der Waals surface area contributed by atoms with E-state index in [1.165, 1.54) is 26.4 Å². The SMILES string of the molecule is COc1ccc(C(C#N)=Cc2cn[nH]c2-c2cccc([N+](=O)[O-])c2)cc1OC. The standard InChI is InChI=1S/C20H16N4O4/c1-27-18-7-6-13(10-19(18)28-2)15(11-21)8-16-12-22-23-20(16)14-4-3-5-17(9-14)24(25)26/h3-10,12H,1-2H3,(H,22,23). The summed E-state index contributed by atoms with van der Waals surface area (Å²) in [4.78, 5) is 10.6. The fourth-order valence-electron chi connectivity index (χ4n) is 2.75. The van der Waals surface area contributed by atoms with E-state index in [0.717, 1.165) is 0 Å². The number of methoxy groups -OCH3 is 2. The molecule has 8 heteroatoms. The number of ether oxygens (including phenoxy) is 2. The number of nitro groups is 1. The fourth-order valence-corrected chi connectivity index (χ4v) is 2.75. The quantitative estimate of drug-likeness (QED) is 0.394. The number of benzene rings is 2. The second-order valence-electron chi connectivity index (χ2n) is 5.75. The van der Waals surface area contributed by atoms with Crippen molar-refractivity contribution in [3.8, 4) is 28.8 Å². The summed E-state index contributed by atoms with van der Waals surface area (Å²) in [6.45, 7) is 0. The van der Waals surface area contributed by atoms with E-state index in [1.54, 1.807) is 42.6 Å². The number of hydrogen-bond acceptors (Lipinski definition) is 6. The van der Waals surface area contributed by atoms with Crippen LogP contribution >= 0.6 is 0 Å². The highest BCUT2D eigenvalue weighted by Gasteiger charge is 2.13. The molecule has 3 aromatic rings. The molecule has 2 aromatic carbocycles. The highest BCUT2D eigenvalue weighted by atomic mass is 16.6. The lowest BCUT2D eigenvalue weighted by atomic mass is 10.0. The van der Waals surface area contributed by atoms with Crippen molar-refractivity contribution in [1.29, 1.82) is 5.26 Å². The van der Waals surface area contributed by atoms with Gasteiger partial charge in [-0.3, -0.25) is 15.2 Å². The minimum atomic E-state index is -0.459. The van der Waals surface area contributed by atoms with E-state index in [4.69, 9.17) is 9.47 Å². The second-order valence-corrected chi connectivity index (χ2v) is 5.75. The van der Waals surface area contributed by atoms with E-state index >= 15 is 0 Å². The number of aromatic amines is 1. The third-order valence-corrected chi connectivity index (χ3v) is 4.13. The topological polar surface area (TPSA) is 114 Å². The van der Waals surface area contributed by atoms with E-state index in [1.807, 2.05) is 0 Å². The van der Waals surface area contributed by atoms with E-state index in [9.17, 15) is 15.4 Å². The van der Waals surface area contributed by atoms with Gasteiger partial charge in [-0.2, -0.15) is 10.4 Å². The zero-order valence-corrected chi connectivity index (χ0v) is 15.2. The number of rotatable bonds is 6. The van der Waals surface area contributed by atoms with Gasteiger partial charge in [0.15, 0.2) is 11.5 Å². The molecule has 0 aliphatic heterocycles. The van der Waals surface area contributed by atoms with Crippen LogP contribution < -0.4 is 9.47 Å². The van der Waals surface area contributed by atoms with Gasteiger partial charge in [-0.15, -0.1) is 0 Å². The monoisotopic (exact) mass is 376 g/mol. The number of non-ortho nitro benzene ring substituents is 1. The first kappa shape index (κ1) is 18.7. The Morgan fingerprint density at radius 1 is 1.21 bits per heavy atom. The molecule has 0 saturated carbocycles. The van der Waals surface area contributed by atoms with Crippen LogP contribution in [0, 0.1) is 21.4 Å². The van der Waals surface area contributed by atoms with Crippen molar-refractivity contribution in [3.63, 3.8) is 0 Å². The number of H-pyrrole nitrogens is 1. The average molecular weight is 376 g/mol. The Morgan fingerprint density at radius 3 is 2.68 bits per heavy atom. The van der Waals surface area contributed by atoms with Crippen molar-refractivity contribution >= 4 is 17.3 Å². The number of allylic oxidation sites excluding steroid dienone is 1. The van der Waals surface area contributed by atoms with Crippen LogP contribution in [-0.4, -0.2) is 29.3 Å². The first-order valence-electron chi connectivity index (χ1n) is 8.19. The molecule has 8 nitrogen and oxygen atoms in total. The zero-order chi connectivity index (χ0) is 20.1. The molecule has 0 aliphatic carbocycles. The predicted octanol–water partition coefficient (Wildman–Crippen LogP) is 4.07. The lowest BCUT2D eigenvalue weighted by Gasteiger charge is -2.09. The van der Waals surface area contributed by atoms with Gasteiger partial charge in [0.2, 0.25) is 0 Å². The Kier molecular flexibility index (Phi) is 5.37. The summed E-state index contributed by atoms with van der Waals surface area (Å²) in [5.41, 5.74) is 2.81. The molecular formula is C20H16N4O4. The molecular weight excluding hydrogens is 360 g/mol. The van der Waals surface area contributed by atoms with Crippen LogP contribution in [0.3, 0.4) is 0 Å². The number of nitrogens with one attached hydrogen (secondary N) is 1. The van der Waals surface area contributed by atoms with Crippen molar-refractivity contribution in [2.45, 2.75) is 0 Å². The minimum Gasteiger partial charge on any atom is -0.493 e. The van der Waals surface area contributed by atoms with E-state index in [-0.39, 0.29) is 5.69 Å².